The molecule has 1 spiro atoms. The number of methoxy groups -OCH3 is 1. The fourth-order valence-electron chi connectivity index (χ4n) is 6.59. The Hall–Kier alpha value is -3.34. The molecule has 1 heterocycles. The molecule has 3 aliphatic carbocycles. The van der Waals surface area contributed by atoms with Crippen LogP contribution in [0, 0.1) is 16.6 Å². The van der Waals surface area contributed by atoms with Crippen molar-refractivity contribution in [2.45, 2.75) is 30.6 Å². The van der Waals surface area contributed by atoms with E-state index in [2.05, 4.69) is 11.2 Å². The molecule has 0 unspecified atom stereocenters. The van der Waals surface area contributed by atoms with Crippen molar-refractivity contribution >= 4 is 22.1 Å². The molecule has 0 bridgehead atoms. The predicted molar refractivity (Wildman–Crippen MR) is 138 cm³/mol. The molecule has 0 saturated heterocycles. The van der Waals surface area contributed by atoms with E-state index in [-0.39, 0.29) is 46.8 Å². The highest BCUT2D eigenvalue weighted by atomic mass is 32.2. The van der Waals surface area contributed by atoms with Crippen LogP contribution in [0.15, 0.2) is 65.2 Å². The van der Waals surface area contributed by atoms with Crippen LogP contribution in [0.25, 0.3) is 11.8 Å². The zero-order chi connectivity index (χ0) is 26.7. The lowest BCUT2D eigenvalue weighted by atomic mass is 9.82. The van der Waals surface area contributed by atoms with Gasteiger partial charge >= 0.3 is 5.97 Å². The van der Waals surface area contributed by atoms with Crippen molar-refractivity contribution in [3.63, 3.8) is 0 Å². The summed E-state index contributed by atoms with van der Waals surface area (Å²) < 4.78 is 49.0. The summed E-state index contributed by atoms with van der Waals surface area (Å²) in [6.45, 7) is -0.146. The number of carbonyl (C=O) groups is 1. The van der Waals surface area contributed by atoms with Crippen molar-refractivity contribution in [3.8, 4) is 5.69 Å². The van der Waals surface area contributed by atoms with Gasteiger partial charge in [0.05, 0.1) is 41.8 Å². The van der Waals surface area contributed by atoms with Crippen LogP contribution in [0.3, 0.4) is 0 Å². The lowest BCUT2D eigenvalue weighted by Crippen LogP contribution is -2.40. The molecule has 2 fully saturated rings. The molecule has 2 atom stereocenters. The summed E-state index contributed by atoms with van der Waals surface area (Å²) in [6, 6.07) is 12.2. The minimum atomic E-state index is -4.08. The van der Waals surface area contributed by atoms with Crippen LogP contribution >= 0.6 is 0 Å². The number of esters is 1. The van der Waals surface area contributed by atoms with Crippen LogP contribution in [-0.4, -0.2) is 60.4 Å². The molecule has 38 heavy (non-hydrogen) atoms. The summed E-state index contributed by atoms with van der Waals surface area (Å²) in [4.78, 5) is 12.2. The Bertz CT molecular complexity index is 1570. The minimum Gasteiger partial charge on any atom is -0.465 e. The van der Waals surface area contributed by atoms with E-state index >= 15 is 0 Å². The average Bonchev–Trinajstić information content (AvgIpc) is 3.18. The largest absolute Gasteiger partial charge is 0.465 e. The highest BCUT2D eigenvalue weighted by molar-refractivity contribution is 7.89. The van der Waals surface area contributed by atoms with Crippen LogP contribution in [0.5, 0.6) is 0 Å². The first-order valence-corrected chi connectivity index (χ1v) is 14.0. The Kier molecular flexibility index (Phi) is 5.82. The van der Waals surface area contributed by atoms with Gasteiger partial charge in [0.25, 0.3) is 0 Å². The van der Waals surface area contributed by atoms with Crippen molar-refractivity contribution in [1.82, 2.24) is 14.1 Å². The van der Waals surface area contributed by atoms with Gasteiger partial charge in [-0.05, 0) is 79.1 Å². The molecule has 0 amide bonds. The van der Waals surface area contributed by atoms with Crippen LogP contribution in [0.1, 0.15) is 40.9 Å². The molecule has 2 saturated carbocycles. The monoisotopic (exact) mass is 537 g/mol. The molecule has 3 aromatic rings. The quantitative estimate of drug-likeness (QED) is 0.441. The lowest BCUT2D eigenvalue weighted by Gasteiger charge is -2.29. The highest BCUT2D eigenvalue weighted by Gasteiger charge is 2.72. The maximum Gasteiger partial charge on any atom is 0.339 e. The topological polar surface area (TPSA) is 102 Å². The van der Waals surface area contributed by atoms with Gasteiger partial charge in [0.1, 0.15) is 5.82 Å². The van der Waals surface area contributed by atoms with Gasteiger partial charge in [-0.3, -0.25) is 0 Å². The first kappa shape index (κ1) is 25.0. The van der Waals surface area contributed by atoms with Crippen LogP contribution in [0.2, 0.25) is 0 Å². The molecular weight excluding hydrogens is 509 g/mol. The maximum absolute atomic E-state index is 13.8. The number of allylic oxidation sites excluding steroid dienone is 1. The van der Waals surface area contributed by atoms with Crippen molar-refractivity contribution in [2.75, 3.05) is 26.8 Å². The first-order valence-electron chi connectivity index (χ1n) is 12.6. The molecule has 1 aromatic heterocycles. The number of benzene rings is 2. The van der Waals surface area contributed by atoms with E-state index in [1.54, 1.807) is 24.3 Å². The molecule has 198 valence electrons. The second kappa shape index (κ2) is 8.86. The predicted octanol–water partition coefficient (Wildman–Crippen LogP) is 3.59. The summed E-state index contributed by atoms with van der Waals surface area (Å²) in [5.74, 6) is -1.03. The Balaban J connectivity index is 1.31. The number of hydrogen-bond donors (Lipinski definition) is 1. The normalized spacial score (nSPS) is 23.4. The van der Waals surface area contributed by atoms with E-state index in [4.69, 9.17) is 4.74 Å². The Morgan fingerprint density at radius 1 is 1.21 bits per heavy atom. The number of aromatic nitrogens is 2. The fraction of sp³-hybridized carbons (Fsp3) is 0.357. The molecule has 0 radical (unpaired) electrons. The van der Waals surface area contributed by atoms with E-state index in [0.29, 0.717) is 0 Å². The number of fused-ring (bicyclic) bond motifs is 1. The third-order valence-corrected chi connectivity index (χ3v) is 10.4. The third-order valence-electron chi connectivity index (χ3n) is 8.52. The summed E-state index contributed by atoms with van der Waals surface area (Å²) in [5, 5.41) is 14.4. The van der Waals surface area contributed by atoms with E-state index in [0.717, 1.165) is 42.6 Å². The van der Waals surface area contributed by atoms with Gasteiger partial charge in [0, 0.05) is 18.5 Å². The van der Waals surface area contributed by atoms with E-state index in [1.807, 2.05) is 10.9 Å². The number of sulfonamides is 1. The van der Waals surface area contributed by atoms with Crippen molar-refractivity contribution in [3.05, 3.63) is 82.9 Å². The second-order valence-corrected chi connectivity index (χ2v) is 12.3. The number of ether oxygens (including phenoxy) is 1. The third kappa shape index (κ3) is 3.65. The fourth-order valence-corrected chi connectivity index (χ4v) is 8.29. The molecular formula is C28H28FN3O5S. The van der Waals surface area contributed by atoms with Gasteiger partial charge in [0.15, 0.2) is 0 Å². The number of rotatable bonds is 8. The van der Waals surface area contributed by atoms with Crippen LogP contribution in [-0.2, 0) is 21.2 Å². The van der Waals surface area contributed by atoms with Crippen LogP contribution in [0.4, 0.5) is 4.39 Å². The standard InChI is InChI=1S/C28H28FN3O5S/c1-37-26(34)23-4-2-3-5-25(23)38(35,36)31(12-13-33)18-27-11-10-20-14-24-19(15-28(20,27)17-27)16-30-32(24)22-8-6-21(29)7-9-22/h2-9,14,16,33H,10-13,15,17-18H2,1H3/t27-,28+/m0/s1. The van der Waals surface area contributed by atoms with Gasteiger partial charge in [-0.1, -0.05) is 17.7 Å². The molecule has 1 N–H and O–H groups in total. The van der Waals surface area contributed by atoms with Gasteiger partial charge in [-0.15, -0.1) is 0 Å². The van der Waals surface area contributed by atoms with E-state index in [9.17, 15) is 22.7 Å². The number of hydrogen-bond acceptors (Lipinski definition) is 6. The molecule has 0 aliphatic heterocycles. The van der Waals surface area contributed by atoms with Crippen molar-refractivity contribution < 1.29 is 27.4 Å². The zero-order valence-electron chi connectivity index (χ0n) is 20.9. The summed E-state index contributed by atoms with van der Waals surface area (Å²) >= 11 is 0. The van der Waals surface area contributed by atoms with E-state index in [1.165, 1.54) is 41.3 Å². The summed E-state index contributed by atoms with van der Waals surface area (Å²) in [6.07, 6.45) is 7.30. The molecule has 8 nitrogen and oxygen atoms in total. The SMILES string of the molecule is COC(=O)c1ccccc1S(=O)(=O)N(CCO)C[C@@]12CCC3=Cc4c(cnn4-c4ccc(F)cc4)C[C@@]31C2. The van der Waals surface area contributed by atoms with Crippen molar-refractivity contribution in [2.24, 2.45) is 10.8 Å². The number of aliphatic hydroxyl groups is 1. The first-order chi connectivity index (χ1) is 18.2. The van der Waals surface area contributed by atoms with E-state index < -0.39 is 16.0 Å². The smallest absolute Gasteiger partial charge is 0.339 e. The zero-order valence-corrected chi connectivity index (χ0v) is 21.7. The highest BCUT2D eigenvalue weighted by Crippen LogP contribution is 2.78. The van der Waals surface area contributed by atoms with Gasteiger partial charge < -0.3 is 9.84 Å². The Labute approximate surface area is 220 Å². The van der Waals surface area contributed by atoms with Gasteiger partial charge in [-0.25, -0.2) is 22.3 Å². The summed E-state index contributed by atoms with van der Waals surface area (Å²) in [7, 11) is -2.86. The Morgan fingerprint density at radius 3 is 2.71 bits per heavy atom. The Morgan fingerprint density at radius 2 is 1.97 bits per heavy atom. The second-order valence-electron chi connectivity index (χ2n) is 10.4. The minimum absolute atomic E-state index is 0.0246. The number of aliphatic hydroxyl groups excluding tert-OH is 1. The van der Waals surface area contributed by atoms with Crippen molar-refractivity contribution in [1.29, 1.82) is 0 Å². The number of nitrogens with zero attached hydrogens (tertiary/aromatic N) is 3. The summed E-state index contributed by atoms with van der Waals surface area (Å²) in [5.41, 5.74) is 3.69. The number of halogens is 1. The molecule has 10 heteroatoms. The molecule has 3 aliphatic rings. The molecule has 2 aromatic carbocycles. The molecule has 6 rings (SSSR count). The lowest BCUT2D eigenvalue weighted by molar-refractivity contribution is 0.0596. The average molecular weight is 538 g/mol. The van der Waals surface area contributed by atoms with Gasteiger partial charge in [-0.2, -0.15) is 9.40 Å². The van der Waals surface area contributed by atoms with Gasteiger partial charge in [0.2, 0.25) is 10.0 Å². The maximum atomic E-state index is 13.8. The van der Waals surface area contributed by atoms with Crippen LogP contribution < -0.4 is 0 Å². The number of carbonyl (C=O) groups excluding carboxylic acids is 1.